The first kappa shape index (κ1) is 32.4. The van der Waals surface area contributed by atoms with Crippen molar-refractivity contribution >= 4 is 15.6 Å². The normalized spacial score (nSPS) is 16.4. The minimum absolute atomic E-state index is 0. The van der Waals surface area contributed by atoms with Crippen molar-refractivity contribution in [2.75, 3.05) is 13.2 Å². The largest absolute Gasteiger partial charge is 4.00 e. The maximum absolute atomic E-state index is 10.2. The van der Waals surface area contributed by atoms with Crippen molar-refractivity contribution in [1.29, 1.82) is 0 Å². The molecule has 162 valence electrons. The number of hydrogen-bond acceptors (Lipinski definition) is 8. The molecule has 0 rings (SSSR count). The summed E-state index contributed by atoms with van der Waals surface area (Å²) < 4.78 is 28.7. The van der Waals surface area contributed by atoms with E-state index in [1.165, 1.54) is 0 Å². The molecular weight excluding hydrogens is 434 g/mol. The third kappa shape index (κ3) is 22.9. The fourth-order valence-corrected chi connectivity index (χ4v) is 3.06. The molecule has 0 fully saturated rings. The molecule has 0 aromatic rings. The second kappa shape index (κ2) is 16.5. The molecule has 0 amide bonds. The Morgan fingerprint density at radius 3 is 1.11 bits per heavy atom. The Morgan fingerprint density at radius 2 is 0.926 bits per heavy atom. The molecule has 0 saturated carbocycles. The summed E-state index contributed by atoms with van der Waals surface area (Å²) in [6.07, 6.45) is 4.15. The van der Waals surface area contributed by atoms with E-state index >= 15 is 0 Å². The van der Waals surface area contributed by atoms with E-state index < -0.39 is 15.6 Å². The van der Waals surface area contributed by atoms with Crippen LogP contribution in [0.4, 0.5) is 0 Å². The summed E-state index contributed by atoms with van der Waals surface area (Å²) in [5.74, 6) is 0.987. The SMILES string of the molecule is CCCC(C)C(C)COP(=O)([O-])[O-].CCCC(C)C(C)COP(=O)([O-])[O-].[Cr+4]. The summed E-state index contributed by atoms with van der Waals surface area (Å²) in [4.78, 5) is 40.7. The first-order valence-electron chi connectivity index (χ1n) is 9.06. The Hall–Kier alpha value is 0.752. The van der Waals surface area contributed by atoms with E-state index in [0.717, 1.165) is 25.7 Å². The fraction of sp³-hybridized carbons (Fsp3) is 1.00. The van der Waals surface area contributed by atoms with Gasteiger partial charge in [-0.25, -0.2) is 0 Å². The number of rotatable bonds is 12. The Bertz CT molecular complexity index is 400. The van der Waals surface area contributed by atoms with Gasteiger partial charge in [-0.3, -0.25) is 0 Å². The molecule has 0 heterocycles. The maximum atomic E-state index is 10.2. The molecule has 0 bridgehead atoms. The summed E-state index contributed by atoms with van der Waals surface area (Å²) in [5, 5.41) is 0. The molecule has 0 aliphatic heterocycles. The zero-order valence-electron chi connectivity index (χ0n) is 17.1. The average Bonchev–Trinajstić information content (AvgIpc) is 2.49. The average molecular weight is 468 g/mol. The summed E-state index contributed by atoms with van der Waals surface area (Å²) in [6, 6.07) is 0. The topological polar surface area (TPSA) is 145 Å². The van der Waals surface area contributed by atoms with Crippen LogP contribution in [0.15, 0.2) is 0 Å². The molecule has 8 nitrogen and oxygen atoms in total. The summed E-state index contributed by atoms with van der Waals surface area (Å²) in [6.45, 7) is 12.0. The summed E-state index contributed by atoms with van der Waals surface area (Å²) in [5.41, 5.74) is 0. The van der Waals surface area contributed by atoms with Gasteiger partial charge in [0.05, 0.1) is 28.9 Å². The van der Waals surface area contributed by atoms with Crippen molar-refractivity contribution < 1.29 is 55.1 Å². The quantitative estimate of drug-likeness (QED) is 0.394. The van der Waals surface area contributed by atoms with Crippen LogP contribution < -0.4 is 19.6 Å². The van der Waals surface area contributed by atoms with Crippen LogP contribution in [-0.4, -0.2) is 13.2 Å². The molecular formula is C16H34CrO8P2. The Kier molecular flexibility index (Phi) is 19.9. The first-order valence-corrected chi connectivity index (χ1v) is 12.0. The van der Waals surface area contributed by atoms with Gasteiger partial charge >= 0.3 is 17.4 Å². The van der Waals surface area contributed by atoms with Gasteiger partial charge in [-0.15, -0.1) is 0 Å². The predicted molar refractivity (Wildman–Crippen MR) is 93.6 cm³/mol. The van der Waals surface area contributed by atoms with E-state index in [4.69, 9.17) is 0 Å². The molecule has 0 radical (unpaired) electrons. The molecule has 0 aromatic carbocycles. The van der Waals surface area contributed by atoms with E-state index in [2.05, 4.69) is 22.9 Å². The smallest absolute Gasteiger partial charge is 0.790 e. The fourth-order valence-electron chi connectivity index (χ4n) is 2.23. The predicted octanol–water partition coefficient (Wildman–Crippen LogP) is 1.81. The van der Waals surface area contributed by atoms with Crippen LogP contribution >= 0.6 is 15.6 Å². The summed E-state index contributed by atoms with van der Waals surface area (Å²) in [7, 11) is -9.56. The number of hydrogen-bond donors (Lipinski definition) is 0. The molecule has 0 spiro atoms. The standard InChI is InChI=1S/2C8H19O4P.Cr/c2*1-4-5-7(2)8(3)6-12-13(9,10)11;/h2*7-8H,4-6H2,1-3H3,(H2,9,10,11);/q;;+4/p-4. The van der Waals surface area contributed by atoms with Crippen LogP contribution in [0.5, 0.6) is 0 Å². The molecule has 0 N–H and O–H groups in total. The van der Waals surface area contributed by atoms with E-state index in [1.807, 2.05) is 27.7 Å². The van der Waals surface area contributed by atoms with E-state index in [1.54, 1.807) is 0 Å². The second-order valence-corrected chi connectivity index (χ2v) is 9.28. The van der Waals surface area contributed by atoms with Crippen LogP contribution in [0.3, 0.4) is 0 Å². The van der Waals surface area contributed by atoms with Crippen molar-refractivity contribution in [2.24, 2.45) is 23.7 Å². The van der Waals surface area contributed by atoms with Crippen LogP contribution in [0.25, 0.3) is 0 Å². The van der Waals surface area contributed by atoms with Crippen LogP contribution in [0.1, 0.15) is 67.2 Å². The minimum Gasteiger partial charge on any atom is -0.790 e. The monoisotopic (exact) mass is 468 g/mol. The molecule has 0 aromatic heterocycles. The van der Waals surface area contributed by atoms with Gasteiger partial charge in [-0.05, 0) is 23.7 Å². The Balaban J connectivity index is -0.000000411. The van der Waals surface area contributed by atoms with Crippen molar-refractivity contribution in [1.82, 2.24) is 0 Å². The first-order chi connectivity index (χ1) is 11.7. The third-order valence-corrected chi connectivity index (χ3v) is 5.35. The van der Waals surface area contributed by atoms with Gasteiger partial charge < -0.3 is 37.8 Å². The molecule has 11 heteroatoms. The molecule has 4 atom stereocenters. The summed E-state index contributed by atoms with van der Waals surface area (Å²) >= 11 is 0. The second-order valence-electron chi connectivity index (χ2n) is 6.97. The number of phosphoric acid groups is 2. The maximum Gasteiger partial charge on any atom is 4.00 e. The van der Waals surface area contributed by atoms with Gasteiger partial charge in [-0.2, -0.15) is 0 Å². The van der Waals surface area contributed by atoms with Gasteiger partial charge in [0.25, 0.3) is 0 Å². The molecule has 0 saturated heterocycles. The van der Waals surface area contributed by atoms with Gasteiger partial charge in [0.2, 0.25) is 0 Å². The van der Waals surface area contributed by atoms with E-state index in [9.17, 15) is 28.7 Å². The van der Waals surface area contributed by atoms with Crippen LogP contribution in [-0.2, 0) is 35.5 Å². The van der Waals surface area contributed by atoms with Gasteiger partial charge in [0.15, 0.2) is 0 Å². The zero-order chi connectivity index (χ0) is 21.0. The van der Waals surface area contributed by atoms with Gasteiger partial charge in [-0.1, -0.05) is 67.2 Å². The molecule has 4 unspecified atom stereocenters. The Morgan fingerprint density at radius 1 is 0.667 bits per heavy atom. The van der Waals surface area contributed by atoms with E-state index in [0.29, 0.717) is 11.8 Å². The van der Waals surface area contributed by atoms with Crippen LogP contribution in [0, 0.1) is 23.7 Å². The minimum atomic E-state index is -4.78. The third-order valence-electron chi connectivity index (χ3n) is 4.42. The molecule has 0 aliphatic rings. The van der Waals surface area contributed by atoms with Crippen molar-refractivity contribution in [3.8, 4) is 0 Å². The van der Waals surface area contributed by atoms with Gasteiger partial charge in [0, 0.05) is 0 Å². The molecule has 0 aliphatic carbocycles. The van der Waals surface area contributed by atoms with Crippen molar-refractivity contribution in [2.45, 2.75) is 67.2 Å². The molecule has 27 heavy (non-hydrogen) atoms. The van der Waals surface area contributed by atoms with Crippen molar-refractivity contribution in [3.63, 3.8) is 0 Å². The van der Waals surface area contributed by atoms with E-state index in [-0.39, 0.29) is 42.4 Å². The van der Waals surface area contributed by atoms with Crippen molar-refractivity contribution in [3.05, 3.63) is 0 Å². The van der Waals surface area contributed by atoms with Gasteiger partial charge in [0.1, 0.15) is 0 Å². The van der Waals surface area contributed by atoms with Crippen LogP contribution in [0.2, 0.25) is 0 Å². The Labute approximate surface area is 175 Å². The number of phosphoric ester groups is 2. The zero-order valence-corrected chi connectivity index (χ0v) is 20.2.